The van der Waals surface area contributed by atoms with Gasteiger partial charge < -0.3 is 10.1 Å². The molecule has 0 radical (unpaired) electrons. The molecule has 7 heteroatoms. The molecular formula is C9H12N2O4S. The average molecular weight is 244 g/mol. The summed E-state index contributed by atoms with van der Waals surface area (Å²) in [6.07, 6.45) is 2.01. The lowest BCUT2D eigenvalue weighted by molar-refractivity contribution is 0.0691. The first kappa shape index (κ1) is 11.2. The van der Waals surface area contributed by atoms with Crippen LogP contribution >= 0.6 is 0 Å². The number of aromatic amines is 1. The maximum absolute atomic E-state index is 11.7. The largest absolute Gasteiger partial charge is 0.477 e. The number of carbonyl (C=O) groups is 1. The van der Waals surface area contributed by atoms with Gasteiger partial charge in [0.25, 0.3) is 0 Å². The molecule has 0 saturated heterocycles. The van der Waals surface area contributed by atoms with Crippen LogP contribution in [-0.2, 0) is 10.0 Å². The van der Waals surface area contributed by atoms with Crippen LogP contribution in [0.15, 0.2) is 17.2 Å². The molecule has 88 valence electrons. The fourth-order valence-corrected chi connectivity index (χ4v) is 2.76. The summed E-state index contributed by atoms with van der Waals surface area (Å²) in [6.45, 7) is 1.95. The smallest absolute Gasteiger partial charge is 0.352 e. The second kappa shape index (κ2) is 3.60. The molecule has 0 amide bonds. The van der Waals surface area contributed by atoms with E-state index >= 15 is 0 Å². The first-order chi connectivity index (χ1) is 7.40. The first-order valence-electron chi connectivity index (χ1n) is 4.84. The van der Waals surface area contributed by atoms with Crippen molar-refractivity contribution in [2.75, 3.05) is 0 Å². The van der Waals surface area contributed by atoms with Crippen LogP contribution in [0.5, 0.6) is 0 Å². The summed E-state index contributed by atoms with van der Waals surface area (Å²) < 4.78 is 26.0. The molecule has 1 fully saturated rings. The highest BCUT2D eigenvalue weighted by Gasteiger charge is 2.36. The molecule has 2 unspecified atom stereocenters. The number of hydrogen-bond acceptors (Lipinski definition) is 3. The minimum atomic E-state index is -3.59. The van der Waals surface area contributed by atoms with Crippen LogP contribution in [0, 0.1) is 5.92 Å². The maximum atomic E-state index is 11.7. The Labute approximate surface area is 92.7 Å². The summed E-state index contributed by atoms with van der Waals surface area (Å²) in [5, 5.41) is 8.65. The van der Waals surface area contributed by atoms with Gasteiger partial charge in [-0.2, -0.15) is 0 Å². The predicted molar refractivity (Wildman–Crippen MR) is 55.6 cm³/mol. The van der Waals surface area contributed by atoms with E-state index in [0.717, 1.165) is 12.5 Å². The number of aromatic nitrogens is 1. The first-order valence-corrected chi connectivity index (χ1v) is 6.32. The number of carboxylic acid groups (broad SMARTS) is 1. The van der Waals surface area contributed by atoms with Crippen molar-refractivity contribution in [3.63, 3.8) is 0 Å². The van der Waals surface area contributed by atoms with Crippen LogP contribution in [0.3, 0.4) is 0 Å². The summed E-state index contributed by atoms with van der Waals surface area (Å²) >= 11 is 0. The van der Waals surface area contributed by atoms with E-state index in [1.165, 1.54) is 6.20 Å². The van der Waals surface area contributed by atoms with Gasteiger partial charge in [-0.05, 0) is 18.4 Å². The average Bonchev–Trinajstić information content (AvgIpc) is 2.71. The Balaban J connectivity index is 2.18. The van der Waals surface area contributed by atoms with E-state index in [1.807, 2.05) is 6.92 Å². The SMILES string of the molecule is CC1CC1NS(=O)(=O)c1c[nH]c(C(=O)O)c1. The number of nitrogens with one attached hydrogen (secondary N) is 2. The van der Waals surface area contributed by atoms with Gasteiger partial charge in [-0.25, -0.2) is 17.9 Å². The standard InChI is InChI=1S/C9H12N2O4S/c1-5-2-7(5)11-16(14,15)6-3-8(9(12)13)10-4-6/h3-5,7,10-11H,2H2,1H3,(H,12,13). The Hall–Kier alpha value is -1.34. The third kappa shape index (κ3) is 2.10. The maximum Gasteiger partial charge on any atom is 0.352 e. The molecule has 1 aliphatic rings. The second-order valence-electron chi connectivity index (χ2n) is 3.99. The molecule has 1 heterocycles. The number of carboxylic acids is 1. The molecule has 1 aromatic rings. The molecule has 3 N–H and O–H groups in total. The zero-order chi connectivity index (χ0) is 11.9. The molecule has 1 aliphatic carbocycles. The Morgan fingerprint density at radius 2 is 2.25 bits per heavy atom. The summed E-state index contributed by atoms with van der Waals surface area (Å²) in [5.74, 6) is -0.825. The van der Waals surface area contributed by atoms with E-state index in [4.69, 9.17) is 5.11 Å². The van der Waals surface area contributed by atoms with Gasteiger partial charge in [-0.1, -0.05) is 6.92 Å². The fourth-order valence-electron chi connectivity index (χ4n) is 1.41. The van der Waals surface area contributed by atoms with Gasteiger partial charge in [0, 0.05) is 12.2 Å². The highest BCUT2D eigenvalue weighted by molar-refractivity contribution is 7.89. The Morgan fingerprint density at radius 3 is 2.69 bits per heavy atom. The number of rotatable bonds is 4. The quantitative estimate of drug-likeness (QED) is 0.713. The molecule has 0 spiro atoms. The molecule has 2 rings (SSSR count). The van der Waals surface area contributed by atoms with Crippen LogP contribution < -0.4 is 4.72 Å². The lowest BCUT2D eigenvalue weighted by atomic mass is 10.4. The third-order valence-electron chi connectivity index (χ3n) is 2.61. The van der Waals surface area contributed by atoms with Crippen molar-refractivity contribution in [2.45, 2.75) is 24.3 Å². The molecule has 1 saturated carbocycles. The van der Waals surface area contributed by atoms with E-state index in [1.54, 1.807) is 0 Å². The number of H-pyrrole nitrogens is 1. The van der Waals surface area contributed by atoms with Crippen molar-refractivity contribution in [2.24, 2.45) is 5.92 Å². The highest BCUT2D eigenvalue weighted by atomic mass is 32.2. The van der Waals surface area contributed by atoms with Gasteiger partial charge in [0.15, 0.2) is 0 Å². The lowest BCUT2D eigenvalue weighted by Crippen LogP contribution is -2.26. The lowest BCUT2D eigenvalue weighted by Gasteiger charge is -2.02. The second-order valence-corrected chi connectivity index (χ2v) is 5.71. The number of aromatic carboxylic acids is 1. The third-order valence-corrected chi connectivity index (χ3v) is 4.08. The van der Waals surface area contributed by atoms with Gasteiger partial charge in [0.05, 0.1) is 0 Å². The minimum Gasteiger partial charge on any atom is -0.477 e. The van der Waals surface area contributed by atoms with Crippen molar-refractivity contribution in [3.8, 4) is 0 Å². The molecular weight excluding hydrogens is 232 g/mol. The Morgan fingerprint density at radius 1 is 1.62 bits per heavy atom. The van der Waals surface area contributed by atoms with Crippen molar-refractivity contribution >= 4 is 16.0 Å². The summed E-state index contributed by atoms with van der Waals surface area (Å²) in [6, 6.07) is 1.09. The van der Waals surface area contributed by atoms with Crippen molar-refractivity contribution in [1.82, 2.24) is 9.71 Å². The molecule has 2 atom stereocenters. The van der Waals surface area contributed by atoms with Crippen LogP contribution in [0.1, 0.15) is 23.8 Å². The Bertz CT molecular complexity index is 519. The van der Waals surface area contributed by atoms with E-state index in [-0.39, 0.29) is 16.6 Å². The van der Waals surface area contributed by atoms with E-state index in [2.05, 4.69) is 9.71 Å². The molecule has 16 heavy (non-hydrogen) atoms. The van der Waals surface area contributed by atoms with E-state index < -0.39 is 16.0 Å². The van der Waals surface area contributed by atoms with E-state index in [9.17, 15) is 13.2 Å². The van der Waals surface area contributed by atoms with Crippen molar-refractivity contribution in [1.29, 1.82) is 0 Å². The van der Waals surface area contributed by atoms with Gasteiger partial charge in [-0.3, -0.25) is 0 Å². The zero-order valence-electron chi connectivity index (χ0n) is 8.60. The van der Waals surface area contributed by atoms with Crippen molar-refractivity contribution < 1.29 is 18.3 Å². The van der Waals surface area contributed by atoms with Gasteiger partial charge >= 0.3 is 5.97 Å². The molecule has 0 aromatic carbocycles. The normalized spacial score (nSPS) is 24.3. The summed E-state index contributed by atoms with van der Waals surface area (Å²) in [4.78, 5) is 12.9. The van der Waals surface area contributed by atoms with Crippen LogP contribution in [0.25, 0.3) is 0 Å². The fraction of sp³-hybridized carbons (Fsp3) is 0.444. The zero-order valence-corrected chi connectivity index (χ0v) is 9.41. The topological polar surface area (TPSA) is 99.3 Å². The monoisotopic (exact) mass is 244 g/mol. The highest BCUT2D eigenvalue weighted by Crippen LogP contribution is 2.30. The van der Waals surface area contributed by atoms with E-state index in [0.29, 0.717) is 5.92 Å². The van der Waals surface area contributed by atoms with Crippen LogP contribution in [-0.4, -0.2) is 30.5 Å². The summed E-state index contributed by atoms with van der Waals surface area (Å²) in [7, 11) is -3.59. The molecule has 0 bridgehead atoms. The van der Waals surface area contributed by atoms with Crippen LogP contribution in [0.2, 0.25) is 0 Å². The molecule has 1 aromatic heterocycles. The molecule has 6 nitrogen and oxygen atoms in total. The van der Waals surface area contributed by atoms with Gasteiger partial charge in [0.2, 0.25) is 10.0 Å². The predicted octanol–water partition coefficient (Wildman–Crippen LogP) is 0.400. The van der Waals surface area contributed by atoms with Gasteiger partial charge in [-0.15, -0.1) is 0 Å². The van der Waals surface area contributed by atoms with Crippen LogP contribution in [0.4, 0.5) is 0 Å². The number of sulfonamides is 1. The van der Waals surface area contributed by atoms with Gasteiger partial charge in [0.1, 0.15) is 10.6 Å². The molecule has 0 aliphatic heterocycles. The number of hydrogen-bond donors (Lipinski definition) is 3. The summed E-state index contributed by atoms with van der Waals surface area (Å²) in [5.41, 5.74) is -0.135. The van der Waals surface area contributed by atoms with Crippen molar-refractivity contribution in [3.05, 3.63) is 18.0 Å². The minimum absolute atomic E-state index is 0.0202. The Kier molecular flexibility index (Phi) is 2.51.